The van der Waals surface area contributed by atoms with E-state index in [1.165, 1.54) is 4.90 Å². The summed E-state index contributed by atoms with van der Waals surface area (Å²) in [4.78, 5) is 19.4. The first-order chi connectivity index (χ1) is 20.2. The Morgan fingerprint density at radius 2 is 1.97 bits per heavy atom. The summed E-state index contributed by atoms with van der Waals surface area (Å²) < 4.78 is 60.1. The quantitative estimate of drug-likeness (QED) is 0.409. The lowest BCUT2D eigenvalue weighted by atomic mass is 9.94. The summed E-state index contributed by atoms with van der Waals surface area (Å²) in [5, 5.41) is 10.6. The monoisotopic (exact) mass is 551 g/mol. The Bertz CT molecular complexity index is 1780. The summed E-state index contributed by atoms with van der Waals surface area (Å²) in [6, 6.07) is 2.24. The molecule has 3 aliphatic heterocycles. The molecule has 2 fully saturated rings. The van der Waals surface area contributed by atoms with Gasteiger partial charge in [-0.3, -0.25) is 9.88 Å². The average molecular weight is 552 g/mol. The van der Waals surface area contributed by atoms with Gasteiger partial charge in [0.15, 0.2) is 11.6 Å². The van der Waals surface area contributed by atoms with Gasteiger partial charge in [0.25, 0.3) is 0 Å². The van der Waals surface area contributed by atoms with Crippen molar-refractivity contribution in [3.05, 3.63) is 40.7 Å². The Labute approximate surface area is 231 Å². The van der Waals surface area contributed by atoms with E-state index >= 15 is 4.39 Å². The first kappa shape index (κ1) is 21.3. The molecule has 6 heterocycles. The Hall–Kier alpha value is -3.50. The van der Waals surface area contributed by atoms with E-state index in [0.717, 1.165) is 29.5 Å². The van der Waals surface area contributed by atoms with Gasteiger partial charge in [-0.05, 0) is 24.5 Å². The number of pyridine rings is 1. The highest BCUT2D eigenvalue weighted by Gasteiger charge is 2.33. The second-order valence-corrected chi connectivity index (χ2v) is 11.1. The van der Waals surface area contributed by atoms with E-state index in [4.69, 9.17) is 14.6 Å². The number of aromatic nitrogens is 3. The third-order valence-electron chi connectivity index (χ3n) is 8.01. The molecular weight excluding hydrogens is 522 g/mol. The summed E-state index contributed by atoms with van der Waals surface area (Å²) in [6.07, 6.45) is 3.50. The van der Waals surface area contributed by atoms with Crippen molar-refractivity contribution in [1.82, 2.24) is 24.8 Å². The lowest BCUT2D eigenvalue weighted by molar-refractivity contribution is 0.120. The number of hydrogen-bond donors (Lipinski definition) is 1. The molecule has 3 aromatic heterocycles. The molecular formula is C27H26F2N8OS. The fraction of sp³-hybridized carbons (Fsp3) is 0.407. The van der Waals surface area contributed by atoms with Crippen molar-refractivity contribution in [3.63, 3.8) is 0 Å². The number of nitrogens with zero attached hydrogens (tertiary/aromatic N) is 7. The van der Waals surface area contributed by atoms with Crippen LogP contribution in [0.4, 0.5) is 19.7 Å². The predicted molar refractivity (Wildman–Crippen MR) is 145 cm³/mol. The topological polar surface area (TPSA) is 107 Å². The van der Waals surface area contributed by atoms with Crippen LogP contribution in [0.2, 0.25) is 0 Å². The first-order valence-corrected chi connectivity index (χ1v) is 13.6. The van der Waals surface area contributed by atoms with Crippen molar-refractivity contribution >= 4 is 43.3 Å². The Morgan fingerprint density at radius 1 is 1.15 bits per heavy atom. The van der Waals surface area contributed by atoms with Gasteiger partial charge >= 0.3 is 0 Å². The number of benzene rings is 1. The molecule has 0 amide bonds. The van der Waals surface area contributed by atoms with E-state index < -0.39 is 18.6 Å². The van der Waals surface area contributed by atoms with Gasteiger partial charge in [0, 0.05) is 72.0 Å². The second kappa shape index (κ2) is 9.31. The van der Waals surface area contributed by atoms with Crippen LogP contribution in [-0.4, -0.2) is 77.0 Å². The highest BCUT2D eigenvalue weighted by Crippen LogP contribution is 2.45. The highest BCUT2D eigenvalue weighted by atomic mass is 32.1. The lowest BCUT2D eigenvalue weighted by Crippen LogP contribution is -2.49. The summed E-state index contributed by atoms with van der Waals surface area (Å²) in [6.45, 7) is 1.89. The largest absolute Gasteiger partial charge is 0.389 e. The van der Waals surface area contributed by atoms with E-state index in [-0.39, 0.29) is 56.7 Å². The molecule has 1 aromatic carbocycles. The fourth-order valence-electron chi connectivity index (χ4n) is 6.00. The Kier molecular flexibility index (Phi) is 5.09. The molecule has 0 bridgehead atoms. The Balaban J connectivity index is 1.26. The first-order valence-electron chi connectivity index (χ1n) is 14.2. The summed E-state index contributed by atoms with van der Waals surface area (Å²) in [5.74, 6) is -0.873. The van der Waals surface area contributed by atoms with E-state index in [9.17, 15) is 9.65 Å². The minimum atomic E-state index is -2.08. The molecule has 3 aliphatic rings. The molecule has 200 valence electrons. The molecule has 12 heteroatoms. The van der Waals surface area contributed by atoms with Gasteiger partial charge in [0.1, 0.15) is 16.6 Å². The van der Waals surface area contributed by atoms with E-state index in [0.29, 0.717) is 56.2 Å². The summed E-state index contributed by atoms with van der Waals surface area (Å²) >= 11 is 0.934. The van der Waals surface area contributed by atoms with Crippen molar-refractivity contribution in [2.24, 2.45) is 0 Å². The number of ether oxygens (including phenoxy) is 1. The van der Waals surface area contributed by atoms with E-state index in [2.05, 4.69) is 19.9 Å². The van der Waals surface area contributed by atoms with Crippen molar-refractivity contribution in [2.75, 3.05) is 56.9 Å². The van der Waals surface area contributed by atoms with Gasteiger partial charge in [-0.1, -0.05) is 0 Å². The number of thiophene rings is 1. The van der Waals surface area contributed by atoms with Crippen LogP contribution in [0.25, 0.3) is 32.2 Å². The zero-order valence-electron chi connectivity index (χ0n) is 23.9. The van der Waals surface area contributed by atoms with Crippen LogP contribution < -0.4 is 10.6 Å². The molecule has 0 saturated carbocycles. The smallest absolute Gasteiger partial charge is 0.226 e. The molecule has 0 spiro atoms. The summed E-state index contributed by atoms with van der Waals surface area (Å²) in [7, 11) is 0. The van der Waals surface area contributed by atoms with Gasteiger partial charge in [0.2, 0.25) is 5.95 Å². The van der Waals surface area contributed by atoms with Crippen molar-refractivity contribution < 1.29 is 17.6 Å². The number of likely N-dealkylation sites (N-methyl/N-ethyl adjacent to an activating group) is 1. The number of halogens is 2. The van der Waals surface area contributed by atoms with Gasteiger partial charge in [0.05, 0.1) is 35.4 Å². The molecule has 2 saturated heterocycles. The van der Waals surface area contributed by atoms with Crippen molar-refractivity contribution in [1.29, 1.82) is 5.26 Å². The fourth-order valence-corrected chi connectivity index (χ4v) is 6.92. The van der Waals surface area contributed by atoms with Crippen LogP contribution in [0.1, 0.15) is 27.2 Å². The maximum atomic E-state index is 16.6. The molecule has 1 atom stereocenters. The van der Waals surface area contributed by atoms with Crippen LogP contribution in [-0.2, 0) is 18.0 Å². The van der Waals surface area contributed by atoms with Crippen molar-refractivity contribution in [3.8, 4) is 17.3 Å². The zero-order valence-corrected chi connectivity index (χ0v) is 21.7. The number of fused-ring (bicyclic) bond motifs is 4. The number of rotatable bonds is 3. The third kappa shape index (κ3) is 3.83. The van der Waals surface area contributed by atoms with Crippen LogP contribution in [0.15, 0.2) is 12.4 Å². The van der Waals surface area contributed by atoms with Gasteiger partial charge in [-0.2, -0.15) is 5.26 Å². The SMILES string of the molecule is [2H]C([2H])([2H])N1CCN([C@H]2CCN(c3ncc4c5c(c(-c6ncc(F)c7sc(N)c(C#N)c67)c(F)c4n3)COC5)C2)CC1. The standard InChI is InChI=1S/C27H26F2N8OS/c1-35-4-6-36(7-5-35)14-2-3-37(11-14)27-33-9-16-17-12-38-13-18(17)20(22(29)23(16)34-27)24-21-15(8-30)26(31)39-25(21)19(28)10-32-24/h9-10,14H,2-7,11-13,31H2,1H3/t14-/m0/s1/i1D3. The maximum Gasteiger partial charge on any atom is 0.226 e. The predicted octanol–water partition coefficient (Wildman–Crippen LogP) is 3.49. The molecule has 0 aliphatic carbocycles. The molecule has 9 nitrogen and oxygen atoms in total. The number of piperazine rings is 1. The Morgan fingerprint density at radius 3 is 2.77 bits per heavy atom. The highest BCUT2D eigenvalue weighted by molar-refractivity contribution is 7.23. The average Bonchev–Trinajstić information content (AvgIpc) is 3.73. The molecule has 0 radical (unpaired) electrons. The summed E-state index contributed by atoms with van der Waals surface area (Å²) in [5.41, 5.74) is 7.77. The second-order valence-electron chi connectivity index (χ2n) is 10.1. The number of nitrogens with two attached hydrogens (primary N) is 1. The van der Waals surface area contributed by atoms with E-state index in [1.807, 2.05) is 11.0 Å². The molecule has 7 rings (SSSR count). The molecule has 2 N–H and O–H groups in total. The lowest BCUT2D eigenvalue weighted by Gasteiger charge is -2.36. The maximum absolute atomic E-state index is 16.6. The third-order valence-corrected chi connectivity index (χ3v) is 9.04. The van der Waals surface area contributed by atoms with Crippen LogP contribution in [0.3, 0.4) is 0 Å². The molecule has 0 unspecified atom stereocenters. The zero-order chi connectivity index (χ0) is 29.3. The van der Waals surface area contributed by atoms with Gasteiger partial charge in [-0.25, -0.2) is 18.7 Å². The number of hydrogen-bond acceptors (Lipinski definition) is 10. The number of anilines is 2. The van der Waals surface area contributed by atoms with Crippen LogP contribution in [0.5, 0.6) is 0 Å². The minimum absolute atomic E-state index is 0.0651. The molecule has 4 aromatic rings. The van der Waals surface area contributed by atoms with Crippen molar-refractivity contribution in [2.45, 2.75) is 25.7 Å². The molecule has 39 heavy (non-hydrogen) atoms. The number of nitrogen functional groups attached to an aromatic ring is 1. The van der Waals surface area contributed by atoms with Gasteiger partial charge < -0.3 is 20.3 Å². The van der Waals surface area contributed by atoms with Gasteiger partial charge in [-0.15, -0.1) is 11.3 Å². The number of nitriles is 1. The van der Waals surface area contributed by atoms with Crippen LogP contribution in [0, 0.1) is 23.0 Å². The minimum Gasteiger partial charge on any atom is -0.389 e. The van der Waals surface area contributed by atoms with Crippen LogP contribution >= 0.6 is 11.3 Å². The normalized spacial score (nSPS) is 21.7. The van der Waals surface area contributed by atoms with E-state index in [1.54, 1.807) is 6.20 Å².